The van der Waals surface area contributed by atoms with E-state index >= 15 is 0 Å². The van der Waals surface area contributed by atoms with Crippen LogP contribution in [0.1, 0.15) is 45.7 Å². The van der Waals surface area contributed by atoms with Gasteiger partial charge in [-0.05, 0) is 64.3 Å². The van der Waals surface area contributed by atoms with Gasteiger partial charge in [0.1, 0.15) is 17.5 Å². The van der Waals surface area contributed by atoms with Crippen molar-refractivity contribution in [3.05, 3.63) is 36.2 Å². The van der Waals surface area contributed by atoms with E-state index in [1.54, 1.807) is 11.1 Å². The van der Waals surface area contributed by atoms with Gasteiger partial charge in [-0.2, -0.15) is 5.26 Å². The van der Waals surface area contributed by atoms with E-state index in [1.165, 1.54) is 6.42 Å². The topological polar surface area (TPSA) is 97.6 Å². The number of carbonyl (C=O) groups excluding carboxylic acids is 1. The molecule has 1 aromatic heterocycles. The van der Waals surface area contributed by atoms with Crippen LogP contribution in [0.4, 0.5) is 27.8 Å². The van der Waals surface area contributed by atoms with Gasteiger partial charge in [0.05, 0.1) is 6.20 Å². The van der Waals surface area contributed by atoms with E-state index in [0.29, 0.717) is 18.9 Å². The van der Waals surface area contributed by atoms with Crippen molar-refractivity contribution in [3.8, 4) is 6.07 Å². The molecular formula is C25H33N7O2. The largest absolute Gasteiger partial charge is 0.444 e. The van der Waals surface area contributed by atoms with Crippen molar-refractivity contribution in [2.24, 2.45) is 0 Å². The molecule has 2 aliphatic heterocycles. The van der Waals surface area contributed by atoms with Crippen LogP contribution in [0.5, 0.6) is 0 Å². The lowest BCUT2D eigenvalue weighted by atomic mass is 10.1. The number of nitriles is 1. The molecule has 9 nitrogen and oxygen atoms in total. The van der Waals surface area contributed by atoms with Crippen molar-refractivity contribution in [2.45, 2.75) is 45.6 Å². The van der Waals surface area contributed by atoms with Gasteiger partial charge in [0, 0.05) is 50.6 Å². The van der Waals surface area contributed by atoms with Gasteiger partial charge in [0.2, 0.25) is 0 Å². The first-order valence-electron chi connectivity index (χ1n) is 11.9. The lowest BCUT2D eigenvalue weighted by molar-refractivity contribution is 0.0240. The molecular weight excluding hydrogens is 430 g/mol. The number of piperidine rings is 1. The summed E-state index contributed by atoms with van der Waals surface area (Å²) in [6, 6.07) is 10.2. The highest BCUT2D eigenvalue weighted by Gasteiger charge is 2.26. The Morgan fingerprint density at radius 1 is 1.00 bits per heavy atom. The Hall–Kier alpha value is -3.54. The zero-order valence-electron chi connectivity index (χ0n) is 20.3. The van der Waals surface area contributed by atoms with Gasteiger partial charge >= 0.3 is 6.09 Å². The molecule has 0 saturated carbocycles. The van der Waals surface area contributed by atoms with Crippen LogP contribution in [0.3, 0.4) is 0 Å². The molecule has 0 unspecified atom stereocenters. The van der Waals surface area contributed by atoms with Crippen LogP contribution in [0.25, 0.3) is 0 Å². The van der Waals surface area contributed by atoms with E-state index in [2.05, 4.69) is 26.2 Å². The molecule has 0 bridgehead atoms. The molecule has 3 heterocycles. The number of amides is 1. The number of rotatable bonds is 4. The first-order chi connectivity index (χ1) is 16.3. The van der Waals surface area contributed by atoms with Crippen molar-refractivity contribution < 1.29 is 9.53 Å². The normalized spacial score (nSPS) is 16.7. The fourth-order valence-electron chi connectivity index (χ4n) is 4.19. The minimum Gasteiger partial charge on any atom is -0.444 e. The molecule has 2 aliphatic rings. The highest BCUT2D eigenvalue weighted by Crippen LogP contribution is 2.25. The quantitative estimate of drug-likeness (QED) is 0.723. The molecule has 2 fully saturated rings. The van der Waals surface area contributed by atoms with Gasteiger partial charge in [0.15, 0.2) is 11.5 Å². The van der Waals surface area contributed by atoms with Crippen molar-refractivity contribution in [2.75, 3.05) is 54.4 Å². The van der Waals surface area contributed by atoms with Crippen LogP contribution in [0, 0.1) is 11.3 Å². The van der Waals surface area contributed by atoms with Crippen LogP contribution in [-0.2, 0) is 4.74 Å². The average Bonchev–Trinajstić information content (AvgIpc) is 2.84. The van der Waals surface area contributed by atoms with E-state index < -0.39 is 5.60 Å². The molecule has 9 heteroatoms. The Bertz CT molecular complexity index is 1030. The summed E-state index contributed by atoms with van der Waals surface area (Å²) in [5.41, 5.74) is 1.73. The van der Waals surface area contributed by atoms with Gasteiger partial charge in [-0.3, -0.25) is 0 Å². The molecule has 0 spiro atoms. The van der Waals surface area contributed by atoms with Crippen LogP contribution < -0.4 is 15.1 Å². The Morgan fingerprint density at radius 3 is 2.29 bits per heavy atom. The van der Waals surface area contributed by atoms with Gasteiger partial charge in [-0.1, -0.05) is 0 Å². The summed E-state index contributed by atoms with van der Waals surface area (Å²) >= 11 is 0. The number of anilines is 4. The summed E-state index contributed by atoms with van der Waals surface area (Å²) in [7, 11) is 0. The third kappa shape index (κ3) is 5.87. The smallest absolute Gasteiger partial charge is 0.410 e. The fourth-order valence-corrected chi connectivity index (χ4v) is 4.19. The molecule has 1 amide bonds. The zero-order valence-corrected chi connectivity index (χ0v) is 20.3. The number of hydrogen-bond donors (Lipinski definition) is 1. The second-order valence-corrected chi connectivity index (χ2v) is 9.71. The molecule has 0 radical (unpaired) electrons. The number of carbonyl (C=O) groups is 1. The molecule has 0 atom stereocenters. The number of benzene rings is 1. The number of nitrogens with zero attached hydrogens (tertiary/aromatic N) is 6. The number of piperazine rings is 1. The van der Waals surface area contributed by atoms with Crippen molar-refractivity contribution in [1.82, 2.24) is 14.9 Å². The lowest BCUT2D eigenvalue weighted by Crippen LogP contribution is -2.50. The summed E-state index contributed by atoms with van der Waals surface area (Å²) in [5, 5.41) is 12.8. The van der Waals surface area contributed by atoms with E-state index in [9.17, 15) is 10.1 Å². The molecule has 2 saturated heterocycles. The van der Waals surface area contributed by atoms with E-state index in [4.69, 9.17) is 9.72 Å². The van der Waals surface area contributed by atoms with E-state index in [0.717, 1.165) is 56.2 Å². The summed E-state index contributed by atoms with van der Waals surface area (Å²) in [6.07, 6.45) is 4.98. The van der Waals surface area contributed by atoms with Crippen LogP contribution in [0.15, 0.2) is 30.5 Å². The van der Waals surface area contributed by atoms with Crippen LogP contribution >= 0.6 is 0 Å². The third-order valence-electron chi connectivity index (χ3n) is 5.97. The maximum Gasteiger partial charge on any atom is 0.410 e. The fraction of sp³-hybridized carbons (Fsp3) is 0.520. The standard InChI is InChI=1S/C25H33N7O2/c1-25(2,3)34-24(33)32-15-13-30(14-16-32)20-9-7-19(8-10-20)28-23-21(17-26)27-18-22(29-23)31-11-5-4-6-12-31/h7-10,18H,4-6,11-16H2,1-3H3,(H,28,29). The number of nitrogens with one attached hydrogen (secondary N) is 1. The third-order valence-corrected chi connectivity index (χ3v) is 5.97. The van der Waals surface area contributed by atoms with Gasteiger partial charge in [-0.15, -0.1) is 0 Å². The SMILES string of the molecule is CC(C)(C)OC(=O)N1CCN(c2ccc(Nc3nc(N4CCCCC4)cnc3C#N)cc2)CC1. The summed E-state index contributed by atoms with van der Waals surface area (Å²) in [4.78, 5) is 27.5. The average molecular weight is 464 g/mol. The Morgan fingerprint density at radius 2 is 1.68 bits per heavy atom. The maximum absolute atomic E-state index is 12.3. The van der Waals surface area contributed by atoms with Crippen molar-refractivity contribution in [1.29, 1.82) is 5.26 Å². The zero-order chi connectivity index (χ0) is 24.1. The number of aromatic nitrogens is 2. The highest BCUT2D eigenvalue weighted by atomic mass is 16.6. The number of hydrogen-bond acceptors (Lipinski definition) is 8. The molecule has 4 rings (SSSR count). The Kier molecular flexibility index (Phi) is 7.06. The van der Waals surface area contributed by atoms with E-state index in [1.807, 2.05) is 45.0 Å². The first kappa shape index (κ1) is 23.6. The number of ether oxygens (including phenoxy) is 1. The summed E-state index contributed by atoms with van der Waals surface area (Å²) < 4.78 is 5.48. The van der Waals surface area contributed by atoms with Crippen molar-refractivity contribution in [3.63, 3.8) is 0 Å². The van der Waals surface area contributed by atoms with Gasteiger partial charge in [0.25, 0.3) is 0 Å². The second kappa shape index (κ2) is 10.2. The van der Waals surface area contributed by atoms with Crippen molar-refractivity contribution >= 4 is 29.1 Å². The monoisotopic (exact) mass is 463 g/mol. The van der Waals surface area contributed by atoms with Crippen LogP contribution in [-0.4, -0.2) is 65.8 Å². The molecule has 0 aliphatic carbocycles. The van der Waals surface area contributed by atoms with Gasteiger partial charge in [-0.25, -0.2) is 14.8 Å². The predicted molar refractivity (Wildman–Crippen MR) is 133 cm³/mol. The van der Waals surface area contributed by atoms with E-state index in [-0.39, 0.29) is 11.8 Å². The molecule has 34 heavy (non-hydrogen) atoms. The molecule has 1 aromatic carbocycles. The van der Waals surface area contributed by atoms with Crippen LogP contribution in [0.2, 0.25) is 0 Å². The molecule has 2 aromatic rings. The molecule has 1 N–H and O–H groups in total. The predicted octanol–water partition coefficient (Wildman–Crippen LogP) is 4.14. The minimum absolute atomic E-state index is 0.257. The summed E-state index contributed by atoms with van der Waals surface area (Å²) in [6.45, 7) is 10.3. The highest BCUT2D eigenvalue weighted by molar-refractivity contribution is 5.69. The molecule has 180 valence electrons. The second-order valence-electron chi connectivity index (χ2n) is 9.71. The minimum atomic E-state index is -0.486. The summed E-state index contributed by atoms with van der Waals surface area (Å²) in [5.74, 6) is 1.28. The first-order valence-corrected chi connectivity index (χ1v) is 11.9. The Balaban J connectivity index is 1.38. The Labute approximate surface area is 201 Å². The lowest BCUT2D eigenvalue weighted by Gasteiger charge is -2.36. The van der Waals surface area contributed by atoms with Gasteiger partial charge < -0.3 is 24.8 Å². The maximum atomic E-state index is 12.3.